The molecule has 0 radical (unpaired) electrons. The molecule has 1 unspecified atom stereocenters. The van der Waals surface area contributed by atoms with Crippen molar-refractivity contribution in [2.24, 2.45) is 5.92 Å². The number of carbonyl (C=O) groups excluding carboxylic acids is 1. The molecule has 0 saturated carbocycles. The Morgan fingerprint density at radius 3 is 3.05 bits per heavy atom. The van der Waals surface area contributed by atoms with E-state index in [1.165, 1.54) is 7.11 Å². The molecule has 1 atom stereocenters. The van der Waals surface area contributed by atoms with Gasteiger partial charge in [0.15, 0.2) is 5.69 Å². The lowest BCUT2D eigenvalue weighted by atomic mass is 9.88. The zero-order chi connectivity index (χ0) is 15.7. The number of esters is 1. The van der Waals surface area contributed by atoms with Crippen LogP contribution in [-0.4, -0.2) is 53.1 Å². The topological polar surface area (TPSA) is 56.6 Å². The highest BCUT2D eigenvalue weighted by Gasteiger charge is 2.31. The number of aromatic nitrogens is 2. The molecule has 1 aromatic heterocycles. The van der Waals surface area contributed by atoms with Gasteiger partial charge >= 0.3 is 5.97 Å². The molecule has 6 nitrogen and oxygen atoms in total. The quantitative estimate of drug-likeness (QED) is 0.795. The van der Waals surface area contributed by atoms with E-state index in [1.807, 2.05) is 10.7 Å². The van der Waals surface area contributed by atoms with Crippen molar-refractivity contribution in [2.75, 3.05) is 26.8 Å². The standard InChI is InChI=1S/C16H25N3O3/c1-16(2)9-12(4-7-22-16)10-18-5-6-19-13(11-18)8-14(17-19)15(20)21-3/h8,12H,4-7,9-11H2,1-3H3. The molecule has 1 fully saturated rings. The number of hydrogen-bond acceptors (Lipinski definition) is 5. The maximum Gasteiger partial charge on any atom is 0.358 e. The van der Waals surface area contributed by atoms with E-state index in [-0.39, 0.29) is 11.6 Å². The van der Waals surface area contributed by atoms with Crippen LogP contribution in [0.2, 0.25) is 0 Å². The van der Waals surface area contributed by atoms with E-state index in [9.17, 15) is 4.79 Å². The average molecular weight is 307 g/mol. The van der Waals surface area contributed by atoms with Crippen LogP contribution in [0.15, 0.2) is 6.07 Å². The van der Waals surface area contributed by atoms with E-state index in [2.05, 4.69) is 23.8 Å². The summed E-state index contributed by atoms with van der Waals surface area (Å²) in [7, 11) is 1.39. The largest absolute Gasteiger partial charge is 0.464 e. The summed E-state index contributed by atoms with van der Waals surface area (Å²) < 4.78 is 12.5. The first-order valence-electron chi connectivity index (χ1n) is 7.98. The number of hydrogen-bond donors (Lipinski definition) is 0. The maximum absolute atomic E-state index is 11.6. The lowest BCUT2D eigenvalue weighted by molar-refractivity contribution is -0.0777. The van der Waals surface area contributed by atoms with E-state index < -0.39 is 0 Å². The first kappa shape index (κ1) is 15.5. The number of rotatable bonds is 3. The van der Waals surface area contributed by atoms with Gasteiger partial charge in [0.2, 0.25) is 0 Å². The van der Waals surface area contributed by atoms with Crippen molar-refractivity contribution >= 4 is 5.97 Å². The Morgan fingerprint density at radius 2 is 2.32 bits per heavy atom. The summed E-state index contributed by atoms with van der Waals surface area (Å²) in [5.74, 6) is 0.318. The maximum atomic E-state index is 11.6. The van der Waals surface area contributed by atoms with Crippen molar-refractivity contribution in [1.29, 1.82) is 0 Å². The molecule has 0 aliphatic carbocycles. The number of ether oxygens (including phenoxy) is 2. The molecular formula is C16H25N3O3. The number of nitrogens with zero attached hydrogens (tertiary/aromatic N) is 3. The number of carbonyl (C=O) groups is 1. The second kappa shape index (κ2) is 6.01. The molecule has 22 heavy (non-hydrogen) atoms. The molecule has 0 bridgehead atoms. The van der Waals surface area contributed by atoms with Crippen LogP contribution < -0.4 is 0 Å². The summed E-state index contributed by atoms with van der Waals surface area (Å²) >= 11 is 0. The third-order valence-electron chi connectivity index (χ3n) is 4.59. The number of methoxy groups -OCH3 is 1. The van der Waals surface area contributed by atoms with Gasteiger partial charge in [-0.15, -0.1) is 0 Å². The van der Waals surface area contributed by atoms with E-state index >= 15 is 0 Å². The van der Waals surface area contributed by atoms with Crippen molar-refractivity contribution in [3.05, 3.63) is 17.5 Å². The average Bonchev–Trinajstić information content (AvgIpc) is 2.88. The van der Waals surface area contributed by atoms with Crippen molar-refractivity contribution in [3.63, 3.8) is 0 Å². The second-order valence-corrected chi connectivity index (χ2v) is 6.94. The van der Waals surface area contributed by atoms with Crippen LogP contribution in [0.3, 0.4) is 0 Å². The Kier molecular flexibility index (Phi) is 4.23. The summed E-state index contributed by atoms with van der Waals surface area (Å²) in [6.45, 7) is 8.95. The van der Waals surface area contributed by atoms with E-state index in [4.69, 9.17) is 9.47 Å². The Balaban J connectivity index is 1.62. The van der Waals surface area contributed by atoms with Crippen molar-refractivity contribution in [1.82, 2.24) is 14.7 Å². The molecule has 1 saturated heterocycles. The Hall–Kier alpha value is -1.40. The van der Waals surface area contributed by atoms with Gasteiger partial charge in [-0.05, 0) is 38.7 Å². The van der Waals surface area contributed by atoms with Crippen LogP contribution in [0.1, 0.15) is 42.9 Å². The fraction of sp³-hybridized carbons (Fsp3) is 0.750. The lowest BCUT2D eigenvalue weighted by Gasteiger charge is -2.38. The van der Waals surface area contributed by atoms with Gasteiger partial charge in [-0.2, -0.15) is 5.10 Å². The van der Waals surface area contributed by atoms with Crippen molar-refractivity contribution in [3.8, 4) is 0 Å². The normalized spacial score (nSPS) is 24.8. The molecule has 2 aliphatic heterocycles. The Morgan fingerprint density at radius 1 is 1.50 bits per heavy atom. The smallest absolute Gasteiger partial charge is 0.358 e. The lowest BCUT2D eigenvalue weighted by Crippen LogP contribution is -2.42. The molecule has 0 spiro atoms. The zero-order valence-corrected chi connectivity index (χ0v) is 13.7. The van der Waals surface area contributed by atoms with Gasteiger partial charge in [0.25, 0.3) is 0 Å². The molecule has 0 aromatic carbocycles. The fourth-order valence-electron chi connectivity index (χ4n) is 3.56. The zero-order valence-electron chi connectivity index (χ0n) is 13.7. The SMILES string of the molecule is COC(=O)c1cc2n(n1)CCN(CC1CCOC(C)(C)C1)C2. The summed E-state index contributed by atoms with van der Waals surface area (Å²) in [6.07, 6.45) is 2.24. The monoisotopic (exact) mass is 307 g/mol. The van der Waals surface area contributed by atoms with Gasteiger partial charge in [0.1, 0.15) is 0 Å². The van der Waals surface area contributed by atoms with Gasteiger partial charge in [-0.3, -0.25) is 9.58 Å². The minimum Gasteiger partial charge on any atom is -0.464 e. The molecule has 1 aromatic rings. The summed E-state index contributed by atoms with van der Waals surface area (Å²) in [5.41, 5.74) is 1.50. The third kappa shape index (κ3) is 3.33. The van der Waals surface area contributed by atoms with Crippen molar-refractivity contribution in [2.45, 2.75) is 45.4 Å². The van der Waals surface area contributed by atoms with Crippen LogP contribution in [-0.2, 0) is 22.6 Å². The Labute approximate surface area is 131 Å². The van der Waals surface area contributed by atoms with Crippen LogP contribution in [0, 0.1) is 5.92 Å². The van der Waals surface area contributed by atoms with Gasteiger partial charge in [-0.1, -0.05) is 0 Å². The van der Waals surface area contributed by atoms with Gasteiger partial charge in [-0.25, -0.2) is 4.79 Å². The molecule has 3 rings (SSSR count). The van der Waals surface area contributed by atoms with Gasteiger partial charge in [0, 0.05) is 26.2 Å². The van der Waals surface area contributed by atoms with Crippen LogP contribution in [0.4, 0.5) is 0 Å². The highest BCUT2D eigenvalue weighted by atomic mass is 16.5. The predicted molar refractivity (Wildman–Crippen MR) is 81.6 cm³/mol. The van der Waals surface area contributed by atoms with Crippen LogP contribution in [0.5, 0.6) is 0 Å². The van der Waals surface area contributed by atoms with Gasteiger partial charge < -0.3 is 9.47 Å². The van der Waals surface area contributed by atoms with E-state index in [0.717, 1.165) is 51.3 Å². The summed E-state index contributed by atoms with van der Waals surface area (Å²) in [6, 6.07) is 1.85. The predicted octanol–water partition coefficient (Wildman–Crippen LogP) is 1.69. The second-order valence-electron chi connectivity index (χ2n) is 6.94. The third-order valence-corrected chi connectivity index (χ3v) is 4.59. The highest BCUT2D eigenvalue weighted by molar-refractivity contribution is 5.87. The molecule has 122 valence electrons. The molecule has 0 amide bonds. The van der Waals surface area contributed by atoms with Crippen LogP contribution in [0.25, 0.3) is 0 Å². The minimum atomic E-state index is -0.361. The molecule has 2 aliphatic rings. The highest BCUT2D eigenvalue weighted by Crippen LogP contribution is 2.29. The summed E-state index contributed by atoms with van der Waals surface area (Å²) in [5, 5.41) is 4.32. The minimum absolute atomic E-state index is 0.00146. The summed E-state index contributed by atoms with van der Waals surface area (Å²) in [4.78, 5) is 14.0. The first-order chi connectivity index (χ1) is 10.5. The van der Waals surface area contributed by atoms with Gasteiger partial charge in [0.05, 0.1) is 24.9 Å². The molecule has 0 N–H and O–H groups in total. The molecule has 6 heteroatoms. The van der Waals surface area contributed by atoms with E-state index in [0.29, 0.717) is 11.6 Å². The Bertz CT molecular complexity index is 553. The van der Waals surface area contributed by atoms with Crippen LogP contribution >= 0.6 is 0 Å². The van der Waals surface area contributed by atoms with Crippen molar-refractivity contribution < 1.29 is 14.3 Å². The first-order valence-corrected chi connectivity index (χ1v) is 7.98. The molecule has 3 heterocycles. The number of fused-ring (bicyclic) bond motifs is 1. The fourth-order valence-corrected chi connectivity index (χ4v) is 3.56. The van der Waals surface area contributed by atoms with E-state index in [1.54, 1.807) is 0 Å². The molecular weight excluding hydrogens is 282 g/mol.